The van der Waals surface area contributed by atoms with Crippen molar-refractivity contribution in [3.05, 3.63) is 77.2 Å². The fraction of sp³-hybridized carbons (Fsp3) is 0.133. The van der Waals surface area contributed by atoms with Crippen LogP contribution < -0.4 is 0 Å². The van der Waals surface area contributed by atoms with Crippen molar-refractivity contribution >= 4 is 11.6 Å². The average molecular weight is 228 g/mol. The summed E-state index contributed by atoms with van der Waals surface area (Å²) in [6.45, 7) is 0. The van der Waals surface area contributed by atoms with E-state index in [4.69, 9.17) is 11.6 Å². The average Bonchev–Trinajstić information content (AvgIpc) is 3.13. The van der Waals surface area contributed by atoms with Gasteiger partial charge >= 0.3 is 0 Å². The molecular weight excluding hydrogens is 216 g/mol. The van der Waals surface area contributed by atoms with Gasteiger partial charge in [0.1, 0.15) is 0 Å². The number of benzene rings is 2. The summed E-state index contributed by atoms with van der Waals surface area (Å²) in [4.78, 5) is 0. The van der Waals surface area contributed by atoms with Crippen molar-refractivity contribution in [3.8, 4) is 0 Å². The maximum Gasteiger partial charge on any atom is 0.0406 e. The summed E-state index contributed by atoms with van der Waals surface area (Å²) in [5.41, 5.74) is 2.85. The minimum atomic E-state index is 0.145. The first-order valence-corrected chi connectivity index (χ1v) is 5.85. The summed E-state index contributed by atoms with van der Waals surface area (Å²) >= 11 is 5.92. The maximum atomic E-state index is 5.92. The summed E-state index contributed by atoms with van der Waals surface area (Å²) in [5.74, 6) is 0. The van der Waals surface area contributed by atoms with E-state index in [9.17, 15) is 0 Å². The SMILES string of the molecule is Clc1ccc(C2(c3ccccc3)[CH]C2)cc1. The summed E-state index contributed by atoms with van der Waals surface area (Å²) in [5, 5.41) is 0.799. The first kappa shape index (κ1) is 9.92. The first-order valence-electron chi connectivity index (χ1n) is 5.47. The van der Waals surface area contributed by atoms with Crippen LogP contribution in [-0.4, -0.2) is 0 Å². The van der Waals surface area contributed by atoms with E-state index in [1.165, 1.54) is 11.1 Å². The Morgan fingerprint density at radius 2 is 1.38 bits per heavy atom. The molecule has 0 bridgehead atoms. The molecule has 0 amide bonds. The van der Waals surface area contributed by atoms with Crippen LogP contribution >= 0.6 is 11.6 Å². The third-order valence-corrected chi connectivity index (χ3v) is 3.51. The molecule has 3 rings (SSSR count). The molecule has 0 saturated heterocycles. The minimum absolute atomic E-state index is 0.145. The van der Waals surface area contributed by atoms with E-state index in [1.54, 1.807) is 0 Å². The Morgan fingerprint density at radius 1 is 0.812 bits per heavy atom. The normalized spacial score (nSPS) is 17.1. The molecule has 16 heavy (non-hydrogen) atoms. The highest BCUT2D eigenvalue weighted by molar-refractivity contribution is 6.30. The lowest BCUT2D eigenvalue weighted by molar-refractivity contribution is 0.879. The van der Waals surface area contributed by atoms with Gasteiger partial charge in [-0.15, -0.1) is 0 Å². The van der Waals surface area contributed by atoms with Crippen LogP contribution in [-0.2, 0) is 5.41 Å². The standard InChI is InChI=1S/C15H12Cl/c16-14-8-6-13(7-9-14)15(10-11-15)12-4-2-1-3-5-12/h1-10H,11H2. The van der Waals surface area contributed by atoms with Gasteiger partial charge in [-0.1, -0.05) is 54.1 Å². The molecule has 1 atom stereocenters. The van der Waals surface area contributed by atoms with Gasteiger partial charge in [0.15, 0.2) is 0 Å². The molecule has 1 saturated carbocycles. The fourth-order valence-corrected chi connectivity index (χ4v) is 2.35. The zero-order valence-electron chi connectivity index (χ0n) is 8.86. The van der Waals surface area contributed by atoms with Crippen LogP contribution in [0, 0.1) is 6.42 Å². The molecule has 1 heteroatoms. The van der Waals surface area contributed by atoms with Gasteiger partial charge in [-0.2, -0.15) is 0 Å². The van der Waals surface area contributed by atoms with E-state index < -0.39 is 0 Å². The third kappa shape index (κ3) is 1.54. The Morgan fingerprint density at radius 3 is 1.94 bits per heavy atom. The molecule has 1 fully saturated rings. The predicted octanol–water partition coefficient (Wildman–Crippen LogP) is 4.23. The van der Waals surface area contributed by atoms with Crippen molar-refractivity contribution in [2.24, 2.45) is 0 Å². The lowest BCUT2D eigenvalue weighted by atomic mass is 9.88. The molecule has 79 valence electrons. The van der Waals surface area contributed by atoms with Crippen molar-refractivity contribution in [2.45, 2.75) is 11.8 Å². The van der Waals surface area contributed by atoms with E-state index in [1.807, 2.05) is 12.1 Å². The Kier molecular flexibility index (Phi) is 2.26. The van der Waals surface area contributed by atoms with Crippen LogP contribution in [0.25, 0.3) is 0 Å². The van der Waals surface area contributed by atoms with Crippen molar-refractivity contribution in [2.75, 3.05) is 0 Å². The summed E-state index contributed by atoms with van der Waals surface area (Å²) in [6.07, 6.45) is 3.48. The molecule has 0 spiro atoms. The minimum Gasteiger partial charge on any atom is -0.0843 e. The molecule has 0 aliphatic heterocycles. The molecule has 1 aliphatic carbocycles. The zero-order valence-corrected chi connectivity index (χ0v) is 9.61. The van der Waals surface area contributed by atoms with Crippen LogP contribution in [0.2, 0.25) is 5.02 Å². The number of hydrogen-bond donors (Lipinski definition) is 0. The Balaban J connectivity index is 2.03. The van der Waals surface area contributed by atoms with Gasteiger partial charge in [-0.05, 0) is 36.1 Å². The molecule has 0 heterocycles. The summed E-state index contributed by atoms with van der Waals surface area (Å²) in [6, 6.07) is 18.8. The second-order valence-corrected chi connectivity index (χ2v) is 4.69. The fourth-order valence-electron chi connectivity index (χ4n) is 2.22. The highest BCUT2D eigenvalue weighted by Crippen LogP contribution is 2.52. The molecule has 2 aromatic carbocycles. The van der Waals surface area contributed by atoms with Crippen molar-refractivity contribution < 1.29 is 0 Å². The molecule has 1 unspecified atom stereocenters. The second-order valence-electron chi connectivity index (χ2n) is 4.25. The van der Waals surface area contributed by atoms with E-state index in [0.717, 1.165) is 11.4 Å². The molecular formula is C15H12Cl. The number of hydrogen-bond acceptors (Lipinski definition) is 0. The van der Waals surface area contributed by atoms with Gasteiger partial charge < -0.3 is 0 Å². The summed E-state index contributed by atoms with van der Waals surface area (Å²) in [7, 11) is 0. The first-order chi connectivity index (χ1) is 7.81. The third-order valence-electron chi connectivity index (χ3n) is 3.26. The molecule has 1 radical (unpaired) electrons. The Bertz CT molecular complexity index is 481. The van der Waals surface area contributed by atoms with E-state index in [0.29, 0.717) is 0 Å². The van der Waals surface area contributed by atoms with Crippen LogP contribution in [0.3, 0.4) is 0 Å². The summed E-state index contributed by atoms with van der Waals surface area (Å²) < 4.78 is 0. The van der Waals surface area contributed by atoms with Crippen molar-refractivity contribution in [1.29, 1.82) is 0 Å². The smallest absolute Gasteiger partial charge is 0.0406 e. The highest BCUT2D eigenvalue weighted by atomic mass is 35.5. The van der Waals surface area contributed by atoms with Crippen molar-refractivity contribution in [3.63, 3.8) is 0 Å². The maximum absolute atomic E-state index is 5.92. The topological polar surface area (TPSA) is 0 Å². The van der Waals surface area contributed by atoms with Gasteiger partial charge in [-0.25, -0.2) is 0 Å². The van der Waals surface area contributed by atoms with E-state index in [2.05, 4.69) is 48.9 Å². The molecule has 2 aromatic rings. The van der Waals surface area contributed by atoms with Gasteiger partial charge in [0.05, 0.1) is 0 Å². The van der Waals surface area contributed by atoms with Crippen LogP contribution in [0.4, 0.5) is 0 Å². The largest absolute Gasteiger partial charge is 0.0843 e. The molecule has 0 N–H and O–H groups in total. The van der Waals surface area contributed by atoms with Gasteiger partial charge in [0, 0.05) is 10.4 Å². The molecule has 0 aromatic heterocycles. The predicted molar refractivity (Wildman–Crippen MR) is 67.6 cm³/mol. The highest BCUT2D eigenvalue weighted by Gasteiger charge is 2.45. The van der Waals surface area contributed by atoms with E-state index in [-0.39, 0.29) is 5.41 Å². The van der Waals surface area contributed by atoms with E-state index >= 15 is 0 Å². The van der Waals surface area contributed by atoms with Crippen molar-refractivity contribution in [1.82, 2.24) is 0 Å². The zero-order chi connectivity index (χ0) is 11.0. The molecule has 0 nitrogen and oxygen atoms in total. The monoisotopic (exact) mass is 227 g/mol. The van der Waals surface area contributed by atoms with Gasteiger partial charge in [0.2, 0.25) is 0 Å². The quantitative estimate of drug-likeness (QED) is 0.720. The number of rotatable bonds is 2. The lowest BCUT2D eigenvalue weighted by Gasteiger charge is -2.16. The van der Waals surface area contributed by atoms with Crippen LogP contribution in [0.1, 0.15) is 17.5 Å². The van der Waals surface area contributed by atoms with Crippen LogP contribution in [0.5, 0.6) is 0 Å². The second kappa shape index (κ2) is 3.64. The number of halogens is 1. The Hall–Kier alpha value is -1.27. The van der Waals surface area contributed by atoms with Gasteiger partial charge in [0.25, 0.3) is 0 Å². The molecule has 1 aliphatic rings. The lowest BCUT2D eigenvalue weighted by Crippen LogP contribution is -2.08. The van der Waals surface area contributed by atoms with Crippen LogP contribution in [0.15, 0.2) is 54.6 Å². The van der Waals surface area contributed by atoms with Gasteiger partial charge in [-0.3, -0.25) is 0 Å². The Labute approximate surface area is 101 Å².